The summed E-state index contributed by atoms with van der Waals surface area (Å²) in [5.41, 5.74) is 2.77. The lowest BCUT2D eigenvalue weighted by Gasteiger charge is -2.14. The molecule has 0 spiro atoms. The number of nitrogens with one attached hydrogen (secondary N) is 2. The molecule has 0 aromatic heterocycles. The molecule has 1 atom stereocenters. The minimum Gasteiger partial charge on any atom is -0.385 e. The van der Waals surface area contributed by atoms with Crippen LogP contribution in [0.5, 0.6) is 0 Å². The summed E-state index contributed by atoms with van der Waals surface area (Å²) in [5, 5.41) is 6.22. The molecule has 0 fully saturated rings. The van der Waals surface area contributed by atoms with Gasteiger partial charge in [0.15, 0.2) is 0 Å². The van der Waals surface area contributed by atoms with Crippen molar-refractivity contribution in [1.82, 2.24) is 5.32 Å². The van der Waals surface area contributed by atoms with Gasteiger partial charge < -0.3 is 10.6 Å². The Bertz CT molecular complexity index is 593. The highest BCUT2D eigenvalue weighted by Crippen LogP contribution is 2.17. The van der Waals surface area contributed by atoms with Gasteiger partial charge in [-0.2, -0.15) is 0 Å². The van der Waals surface area contributed by atoms with Crippen molar-refractivity contribution in [3.8, 4) is 0 Å². The van der Waals surface area contributed by atoms with Gasteiger partial charge in [0.1, 0.15) is 0 Å². The first-order chi connectivity index (χ1) is 10.1. The maximum atomic E-state index is 12.2. The van der Waals surface area contributed by atoms with E-state index in [-0.39, 0.29) is 11.9 Å². The number of carbonyl (C=O) groups excluding carboxylic acids is 1. The molecule has 3 nitrogen and oxygen atoms in total. The molecule has 2 aromatic carbocycles. The normalized spacial score (nSPS) is 11.8. The first-order valence-electron chi connectivity index (χ1n) is 7.00. The summed E-state index contributed by atoms with van der Waals surface area (Å²) >= 11 is 3.41. The van der Waals surface area contributed by atoms with Crippen LogP contribution in [0.3, 0.4) is 0 Å². The molecule has 0 saturated heterocycles. The fourth-order valence-electron chi connectivity index (χ4n) is 2.06. The van der Waals surface area contributed by atoms with Crippen LogP contribution in [0.2, 0.25) is 0 Å². The van der Waals surface area contributed by atoms with Gasteiger partial charge in [0, 0.05) is 22.3 Å². The number of hydrogen-bond acceptors (Lipinski definition) is 2. The predicted octanol–water partition coefficient (Wildman–Crippen LogP) is 4.37. The Morgan fingerprint density at radius 2 is 1.71 bits per heavy atom. The van der Waals surface area contributed by atoms with E-state index in [0.29, 0.717) is 5.56 Å². The number of benzene rings is 2. The van der Waals surface area contributed by atoms with Crippen molar-refractivity contribution in [1.29, 1.82) is 0 Å². The molecule has 0 bridgehead atoms. The lowest BCUT2D eigenvalue weighted by Crippen LogP contribution is -2.26. The third-order valence-corrected chi connectivity index (χ3v) is 3.77. The van der Waals surface area contributed by atoms with Gasteiger partial charge in [0.25, 0.3) is 5.91 Å². The third kappa shape index (κ3) is 4.33. The smallest absolute Gasteiger partial charge is 0.251 e. The minimum atomic E-state index is -0.0616. The zero-order chi connectivity index (χ0) is 15.2. The summed E-state index contributed by atoms with van der Waals surface area (Å²) in [6.45, 7) is 4.89. The van der Waals surface area contributed by atoms with Gasteiger partial charge in [0.2, 0.25) is 0 Å². The summed E-state index contributed by atoms with van der Waals surface area (Å²) in [5.74, 6) is -0.0616. The molecule has 2 N–H and O–H groups in total. The summed E-state index contributed by atoms with van der Waals surface area (Å²) in [7, 11) is 0. The fraction of sp³-hybridized carbons (Fsp3) is 0.235. The topological polar surface area (TPSA) is 41.1 Å². The van der Waals surface area contributed by atoms with Crippen molar-refractivity contribution in [3.63, 3.8) is 0 Å². The molecule has 0 aliphatic rings. The highest BCUT2D eigenvalue weighted by molar-refractivity contribution is 9.10. The first-order valence-corrected chi connectivity index (χ1v) is 7.79. The number of amides is 1. The number of carbonyl (C=O) groups is 1. The van der Waals surface area contributed by atoms with E-state index in [1.54, 1.807) is 0 Å². The van der Waals surface area contributed by atoms with Crippen LogP contribution >= 0.6 is 15.9 Å². The molecule has 4 heteroatoms. The summed E-state index contributed by atoms with van der Waals surface area (Å²) in [6.07, 6.45) is 0. The molecule has 0 radical (unpaired) electrons. The highest BCUT2D eigenvalue weighted by Gasteiger charge is 2.11. The molecule has 0 aliphatic heterocycles. The molecule has 110 valence electrons. The van der Waals surface area contributed by atoms with Crippen LogP contribution in [0.15, 0.2) is 53.0 Å². The number of rotatable bonds is 5. The van der Waals surface area contributed by atoms with Crippen molar-refractivity contribution >= 4 is 27.5 Å². The zero-order valence-corrected chi connectivity index (χ0v) is 13.8. The molecule has 2 aromatic rings. The van der Waals surface area contributed by atoms with Gasteiger partial charge in [0.05, 0.1) is 6.04 Å². The molecule has 2 rings (SSSR count). The van der Waals surface area contributed by atoms with Crippen LogP contribution in [0.4, 0.5) is 5.69 Å². The van der Waals surface area contributed by atoms with Gasteiger partial charge in [-0.15, -0.1) is 0 Å². The van der Waals surface area contributed by atoms with Gasteiger partial charge in [-0.1, -0.05) is 28.1 Å². The Kier molecular flexibility index (Phi) is 5.39. The van der Waals surface area contributed by atoms with E-state index >= 15 is 0 Å². The van der Waals surface area contributed by atoms with Gasteiger partial charge in [-0.05, 0) is 55.8 Å². The van der Waals surface area contributed by atoms with E-state index in [0.717, 1.165) is 22.3 Å². The Hall–Kier alpha value is -1.81. The largest absolute Gasteiger partial charge is 0.385 e. The summed E-state index contributed by atoms with van der Waals surface area (Å²) in [4.78, 5) is 12.2. The van der Waals surface area contributed by atoms with Crippen LogP contribution in [0, 0.1) is 0 Å². The van der Waals surface area contributed by atoms with E-state index in [2.05, 4.69) is 26.6 Å². The fourth-order valence-corrected chi connectivity index (χ4v) is 2.32. The van der Waals surface area contributed by atoms with Crippen LogP contribution in [-0.4, -0.2) is 12.5 Å². The van der Waals surface area contributed by atoms with E-state index in [1.807, 2.05) is 62.4 Å². The zero-order valence-electron chi connectivity index (χ0n) is 12.2. The van der Waals surface area contributed by atoms with Crippen molar-refractivity contribution in [2.24, 2.45) is 0 Å². The molecule has 0 aliphatic carbocycles. The second kappa shape index (κ2) is 7.27. The molecule has 0 heterocycles. The third-order valence-electron chi connectivity index (χ3n) is 3.25. The molecule has 21 heavy (non-hydrogen) atoms. The van der Waals surface area contributed by atoms with E-state index in [9.17, 15) is 4.79 Å². The minimum absolute atomic E-state index is 0.0287. The van der Waals surface area contributed by atoms with Gasteiger partial charge >= 0.3 is 0 Å². The van der Waals surface area contributed by atoms with Crippen molar-refractivity contribution < 1.29 is 4.79 Å². The highest BCUT2D eigenvalue weighted by atomic mass is 79.9. The van der Waals surface area contributed by atoms with Crippen molar-refractivity contribution in [2.45, 2.75) is 19.9 Å². The quantitative estimate of drug-likeness (QED) is 0.843. The molecular weight excluding hydrogens is 328 g/mol. The maximum absolute atomic E-state index is 12.2. The number of halogens is 1. The molecule has 0 saturated carbocycles. The monoisotopic (exact) mass is 346 g/mol. The van der Waals surface area contributed by atoms with Crippen molar-refractivity contribution in [2.75, 3.05) is 11.9 Å². The SMILES string of the molecule is CCNc1ccc(C(=O)NC(C)c2ccc(Br)cc2)cc1. The number of anilines is 1. The standard InChI is InChI=1S/C17H19BrN2O/c1-3-19-16-10-6-14(7-11-16)17(21)20-12(2)13-4-8-15(18)9-5-13/h4-12,19H,3H2,1-2H3,(H,20,21). The Labute approximate surface area is 133 Å². The second-order valence-corrected chi connectivity index (χ2v) is 5.77. The predicted molar refractivity (Wildman–Crippen MR) is 90.6 cm³/mol. The average molecular weight is 347 g/mol. The lowest BCUT2D eigenvalue weighted by atomic mass is 10.1. The van der Waals surface area contributed by atoms with Gasteiger partial charge in [-0.25, -0.2) is 0 Å². The Balaban J connectivity index is 2.01. The van der Waals surface area contributed by atoms with Crippen LogP contribution in [-0.2, 0) is 0 Å². The van der Waals surface area contributed by atoms with E-state index in [4.69, 9.17) is 0 Å². The molecule has 1 amide bonds. The lowest BCUT2D eigenvalue weighted by molar-refractivity contribution is 0.0940. The molecule has 1 unspecified atom stereocenters. The summed E-state index contributed by atoms with van der Waals surface area (Å²) in [6, 6.07) is 15.4. The Morgan fingerprint density at radius 3 is 2.29 bits per heavy atom. The second-order valence-electron chi connectivity index (χ2n) is 4.85. The number of hydrogen-bond donors (Lipinski definition) is 2. The maximum Gasteiger partial charge on any atom is 0.251 e. The van der Waals surface area contributed by atoms with Crippen LogP contribution in [0.25, 0.3) is 0 Å². The van der Waals surface area contributed by atoms with Crippen molar-refractivity contribution in [3.05, 3.63) is 64.1 Å². The van der Waals surface area contributed by atoms with Crippen LogP contribution in [0.1, 0.15) is 35.8 Å². The van der Waals surface area contributed by atoms with E-state index < -0.39 is 0 Å². The molecular formula is C17H19BrN2O. The Morgan fingerprint density at radius 1 is 1.10 bits per heavy atom. The average Bonchev–Trinajstić information content (AvgIpc) is 2.49. The van der Waals surface area contributed by atoms with Gasteiger partial charge in [-0.3, -0.25) is 4.79 Å². The van der Waals surface area contributed by atoms with Crippen LogP contribution < -0.4 is 10.6 Å². The first kappa shape index (κ1) is 15.6. The van der Waals surface area contributed by atoms with E-state index in [1.165, 1.54) is 0 Å². The summed E-state index contributed by atoms with van der Waals surface area (Å²) < 4.78 is 1.03.